The lowest BCUT2D eigenvalue weighted by Crippen LogP contribution is -2.34. The Labute approximate surface area is 186 Å². The fourth-order valence-electron chi connectivity index (χ4n) is 3.02. The lowest BCUT2D eigenvalue weighted by atomic mass is 10.1. The van der Waals surface area contributed by atoms with Gasteiger partial charge in [-0.05, 0) is 56.5 Å². The van der Waals surface area contributed by atoms with Gasteiger partial charge in [0.1, 0.15) is 22.6 Å². The molecule has 0 fully saturated rings. The fraction of sp³-hybridized carbons (Fsp3) is 0.320. The summed E-state index contributed by atoms with van der Waals surface area (Å²) in [5.41, 5.74) is 0.475. The Morgan fingerprint density at radius 1 is 1.12 bits per heavy atom. The summed E-state index contributed by atoms with van der Waals surface area (Å²) in [4.78, 5) is 36.7. The average Bonchev–Trinajstić information content (AvgIpc) is 2.77. The highest BCUT2D eigenvalue weighted by molar-refractivity contribution is 5.97. The Morgan fingerprint density at radius 3 is 2.66 bits per heavy atom. The lowest BCUT2D eigenvalue weighted by molar-refractivity contribution is -0.134. The van der Waals surface area contributed by atoms with Gasteiger partial charge in [-0.3, -0.25) is 9.59 Å². The van der Waals surface area contributed by atoms with Gasteiger partial charge in [-0.15, -0.1) is 0 Å². The number of hydrogen-bond acceptors (Lipinski definition) is 6. The van der Waals surface area contributed by atoms with E-state index in [2.05, 4.69) is 5.32 Å². The summed E-state index contributed by atoms with van der Waals surface area (Å²) < 4.78 is 16.3. The van der Waals surface area contributed by atoms with Crippen molar-refractivity contribution in [3.63, 3.8) is 0 Å². The van der Waals surface area contributed by atoms with Gasteiger partial charge in [0, 0.05) is 23.9 Å². The molecule has 1 atom stereocenters. The smallest absolute Gasteiger partial charge is 0.349 e. The Morgan fingerprint density at radius 2 is 1.91 bits per heavy atom. The van der Waals surface area contributed by atoms with Crippen molar-refractivity contribution in [1.29, 1.82) is 0 Å². The molecular formula is C25H27NO6. The van der Waals surface area contributed by atoms with Crippen LogP contribution in [0.5, 0.6) is 11.5 Å². The first-order valence-electron chi connectivity index (χ1n) is 10.6. The Kier molecular flexibility index (Phi) is 7.65. The highest BCUT2D eigenvalue weighted by atomic mass is 16.5. The van der Waals surface area contributed by atoms with Gasteiger partial charge < -0.3 is 19.2 Å². The highest BCUT2D eigenvalue weighted by Gasteiger charge is 2.16. The average molecular weight is 437 g/mol. The molecule has 0 bridgehead atoms. The van der Waals surface area contributed by atoms with Crippen molar-refractivity contribution in [2.75, 3.05) is 6.61 Å². The van der Waals surface area contributed by atoms with Crippen molar-refractivity contribution in [1.82, 2.24) is 5.32 Å². The van der Waals surface area contributed by atoms with E-state index in [4.69, 9.17) is 13.9 Å². The summed E-state index contributed by atoms with van der Waals surface area (Å²) in [5.74, 6) is 0.174. The molecule has 3 rings (SSSR count). The molecule has 1 aromatic heterocycles. The van der Waals surface area contributed by atoms with Crippen LogP contribution in [0.3, 0.4) is 0 Å². The molecule has 0 radical (unpaired) electrons. The molecule has 168 valence electrons. The van der Waals surface area contributed by atoms with E-state index in [0.717, 1.165) is 17.7 Å². The molecule has 3 aromatic rings. The SMILES string of the molecule is CCC(C)NC(=O)c1cc2ccc(OC(=O)CCCOc3ccccc3C)cc2oc1=O. The summed E-state index contributed by atoms with van der Waals surface area (Å²) in [6.07, 6.45) is 1.43. The zero-order valence-corrected chi connectivity index (χ0v) is 18.5. The Bertz CT molecular complexity index is 1170. The molecule has 0 aliphatic carbocycles. The molecule has 1 amide bonds. The van der Waals surface area contributed by atoms with Crippen LogP contribution in [0, 0.1) is 6.92 Å². The van der Waals surface area contributed by atoms with Crippen LogP contribution in [0.25, 0.3) is 11.0 Å². The predicted molar refractivity (Wildman–Crippen MR) is 121 cm³/mol. The zero-order chi connectivity index (χ0) is 23.1. The number of benzene rings is 2. The van der Waals surface area contributed by atoms with Gasteiger partial charge in [0.25, 0.3) is 5.91 Å². The maximum absolute atomic E-state index is 12.3. The van der Waals surface area contributed by atoms with Crippen molar-refractivity contribution in [2.45, 2.75) is 46.1 Å². The minimum absolute atomic E-state index is 0.0542. The monoisotopic (exact) mass is 437 g/mol. The van der Waals surface area contributed by atoms with Gasteiger partial charge in [-0.2, -0.15) is 0 Å². The molecule has 7 heteroatoms. The molecular weight excluding hydrogens is 410 g/mol. The number of para-hydroxylation sites is 1. The van der Waals surface area contributed by atoms with Crippen LogP contribution >= 0.6 is 0 Å². The predicted octanol–water partition coefficient (Wildman–Crippen LogP) is 4.39. The van der Waals surface area contributed by atoms with Crippen molar-refractivity contribution in [3.8, 4) is 11.5 Å². The third kappa shape index (κ3) is 5.97. The summed E-state index contributed by atoms with van der Waals surface area (Å²) in [6, 6.07) is 13.8. The van der Waals surface area contributed by atoms with Crippen LogP contribution in [0.1, 0.15) is 49.0 Å². The molecule has 0 saturated carbocycles. The van der Waals surface area contributed by atoms with Crippen molar-refractivity contribution in [3.05, 3.63) is 70.1 Å². The van der Waals surface area contributed by atoms with E-state index in [-0.39, 0.29) is 29.4 Å². The number of carbonyl (C=O) groups is 2. The highest BCUT2D eigenvalue weighted by Crippen LogP contribution is 2.21. The number of carbonyl (C=O) groups excluding carboxylic acids is 2. The normalized spacial score (nSPS) is 11.7. The number of ether oxygens (including phenoxy) is 2. The molecule has 0 aliphatic heterocycles. The second-order valence-corrected chi connectivity index (χ2v) is 7.62. The fourth-order valence-corrected chi connectivity index (χ4v) is 3.02. The minimum Gasteiger partial charge on any atom is -0.493 e. The van der Waals surface area contributed by atoms with Gasteiger partial charge in [0.15, 0.2) is 0 Å². The number of fused-ring (bicyclic) bond motifs is 1. The van der Waals surface area contributed by atoms with Crippen LogP contribution in [0.2, 0.25) is 0 Å². The first kappa shape index (κ1) is 23.1. The van der Waals surface area contributed by atoms with Gasteiger partial charge in [0.2, 0.25) is 0 Å². The summed E-state index contributed by atoms with van der Waals surface area (Å²) >= 11 is 0. The standard InChI is InChI=1S/C25H27NO6/c1-4-17(3)26-24(28)20-14-18-11-12-19(15-22(18)32-25(20)29)31-23(27)10-7-13-30-21-9-6-5-8-16(21)2/h5-6,8-9,11-12,14-15,17H,4,7,10,13H2,1-3H3,(H,26,28). The van der Waals surface area contributed by atoms with Crippen LogP contribution in [0.15, 0.2) is 57.7 Å². The van der Waals surface area contributed by atoms with Gasteiger partial charge in [-0.25, -0.2) is 4.79 Å². The number of nitrogens with one attached hydrogen (secondary N) is 1. The Hall–Kier alpha value is -3.61. The summed E-state index contributed by atoms with van der Waals surface area (Å²) in [6.45, 7) is 6.15. The van der Waals surface area contributed by atoms with Crippen LogP contribution < -0.4 is 20.4 Å². The second kappa shape index (κ2) is 10.6. The minimum atomic E-state index is -0.741. The summed E-state index contributed by atoms with van der Waals surface area (Å²) in [7, 11) is 0. The maximum atomic E-state index is 12.3. The Balaban J connectivity index is 1.58. The third-order valence-electron chi connectivity index (χ3n) is 5.05. The van der Waals surface area contributed by atoms with E-state index in [9.17, 15) is 14.4 Å². The zero-order valence-electron chi connectivity index (χ0n) is 18.5. The number of aryl methyl sites for hydroxylation is 1. The molecule has 1 unspecified atom stereocenters. The van der Waals surface area contributed by atoms with Crippen molar-refractivity contribution < 1.29 is 23.5 Å². The van der Waals surface area contributed by atoms with Crippen LogP contribution in [-0.4, -0.2) is 24.5 Å². The molecule has 1 heterocycles. The van der Waals surface area contributed by atoms with E-state index in [1.807, 2.05) is 45.0 Å². The van der Waals surface area contributed by atoms with Crippen LogP contribution in [0.4, 0.5) is 0 Å². The first-order valence-corrected chi connectivity index (χ1v) is 10.6. The van der Waals surface area contributed by atoms with E-state index in [0.29, 0.717) is 18.4 Å². The van der Waals surface area contributed by atoms with Gasteiger partial charge in [0.05, 0.1) is 6.61 Å². The third-order valence-corrected chi connectivity index (χ3v) is 5.05. The lowest BCUT2D eigenvalue weighted by Gasteiger charge is -2.11. The van der Waals surface area contributed by atoms with E-state index in [1.165, 1.54) is 12.1 Å². The molecule has 7 nitrogen and oxygen atoms in total. The number of hydrogen-bond donors (Lipinski definition) is 1. The quantitative estimate of drug-likeness (QED) is 0.231. The molecule has 1 N–H and O–H groups in total. The maximum Gasteiger partial charge on any atom is 0.349 e. The first-order chi connectivity index (χ1) is 15.4. The molecule has 0 spiro atoms. The molecule has 0 saturated heterocycles. The van der Waals surface area contributed by atoms with Gasteiger partial charge >= 0.3 is 11.6 Å². The number of amides is 1. The number of rotatable bonds is 9. The molecule has 0 aliphatic rings. The molecule has 32 heavy (non-hydrogen) atoms. The van der Waals surface area contributed by atoms with Crippen LogP contribution in [-0.2, 0) is 4.79 Å². The topological polar surface area (TPSA) is 94.8 Å². The van der Waals surface area contributed by atoms with Gasteiger partial charge in [-0.1, -0.05) is 25.1 Å². The summed E-state index contributed by atoms with van der Waals surface area (Å²) in [5, 5.41) is 3.31. The second-order valence-electron chi connectivity index (χ2n) is 7.62. The van der Waals surface area contributed by atoms with Crippen molar-refractivity contribution in [2.24, 2.45) is 0 Å². The number of esters is 1. The van der Waals surface area contributed by atoms with E-state index >= 15 is 0 Å². The van der Waals surface area contributed by atoms with E-state index < -0.39 is 17.5 Å². The van der Waals surface area contributed by atoms with E-state index in [1.54, 1.807) is 12.1 Å². The largest absolute Gasteiger partial charge is 0.493 e. The van der Waals surface area contributed by atoms with Crippen molar-refractivity contribution >= 4 is 22.8 Å². The molecule has 2 aromatic carbocycles.